The number of nitrogens with one attached hydrogen (secondary N) is 1. The number of anilines is 1. The molecule has 39 heavy (non-hydrogen) atoms. The first kappa shape index (κ1) is 30.3. The Kier molecular flexibility index (Phi) is 12.9. The van der Waals surface area contributed by atoms with Crippen molar-refractivity contribution in [3.8, 4) is 0 Å². The fraction of sp³-hybridized carbons (Fsp3) is 0.515. The highest BCUT2D eigenvalue weighted by atomic mass is 16.6. The van der Waals surface area contributed by atoms with Crippen molar-refractivity contribution in [2.24, 2.45) is 0 Å². The summed E-state index contributed by atoms with van der Waals surface area (Å²) in [6.07, 6.45) is 18.4. The lowest BCUT2D eigenvalue weighted by Gasteiger charge is -2.22. The van der Waals surface area contributed by atoms with Crippen LogP contribution in [-0.2, 0) is 0 Å². The number of benzene rings is 2. The molecule has 1 aliphatic rings. The highest BCUT2D eigenvalue weighted by Crippen LogP contribution is 2.30. The number of carbonyl (C=O) groups excluding carboxylic acids is 2. The summed E-state index contributed by atoms with van der Waals surface area (Å²) in [6.45, 7) is 2.47. The van der Waals surface area contributed by atoms with Gasteiger partial charge in [-0.15, -0.1) is 0 Å². The molecule has 0 aliphatic heterocycles. The van der Waals surface area contributed by atoms with E-state index in [0.717, 1.165) is 19.3 Å². The Morgan fingerprint density at radius 1 is 0.641 bits per heavy atom. The fourth-order valence-corrected chi connectivity index (χ4v) is 5.32. The van der Waals surface area contributed by atoms with Gasteiger partial charge >= 0.3 is 0 Å². The average Bonchev–Trinajstić information content (AvgIpc) is 2.95. The molecule has 0 saturated heterocycles. The van der Waals surface area contributed by atoms with Gasteiger partial charge in [0.15, 0.2) is 11.6 Å². The summed E-state index contributed by atoms with van der Waals surface area (Å²) in [7, 11) is 0. The smallest absolute Gasteiger partial charge is 0.269 e. The average molecular weight is 533 g/mol. The molecular formula is C33H44N2O4. The maximum Gasteiger partial charge on any atom is 0.269 e. The van der Waals surface area contributed by atoms with Crippen molar-refractivity contribution in [3.05, 3.63) is 80.9 Å². The number of nitrogens with zero attached hydrogens (tertiary/aromatic N) is 1. The van der Waals surface area contributed by atoms with Crippen LogP contribution in [0.4, 0.5) is 11.4 Å². The Balaban J connectivity index is 1.46. The van der Waals surface area contributed by atoms with Crippen LogP contribution in [0.5, 0.6) is 0 Å². The summed E-state index contributed by atoms with van der Waals surface area (Å²) >= 11 is 0. The number of non-ortho nitro benzene ring substituents is 1. The van der Waals surface area contributed by atoms with E-state index in [4.69, 9.17) is 0 Å². The van der Waals surface area contributed by atoms with Crippen molar-refractivity contribution in [2.75, 3.05) is 11.9 Å². The van der Waals surface area contributed by atoms with Gasteiger partial charge in [0.05, 0.1) is 4.92 Å². The molecule has 0 saturated carbocycles. The zero-order valence-electron chi connectivity index (χ0n) is 23.5. The van der Waals surface area contributed by atoms with Crippen LogP contribution >= 0.6 is 0 Å². The van der Waals surface area contributed by atoms with Gasteiger partial charge in [0.25, 0.3) is 5.69 Å². The summed E-state index contributed by atoms with van der Waals surface area (Å²) in [6, 6.07) is 13.1. The molecule has 6 nitrogen and oxygen atoms in total. The quantitative estimate of drug-likeness (QED) is 0.111. The van der Waals surface area contributed by atoms with E-state index in [1.54, 1.807) is 36.4 Å². The Bertz CT molecular complexity index is 1120. The van der Waals surface area contributed by atoms with E-state index in [9.17, 15) is 19.7 Å². The molecule has 0 spiro atoms. The lowest BCUT2D eigenvalue weighted by Crippen LogP contribution is -2.26. The maximum absolute atomic E-state index is 13.4. The summed E-state index contributed by atoms with van der Waals surface area (Å²) in [5.74, 6) is -0.166. The normalized spacial score (nSPS) is 13.1. The molecule has 0 aromatic heterocycles. The van der Waals surface area contributed by atoms with Crippen molar-refractivity contribution < 1.29 is 14.5 Å². The van der Waals surface area contributed by atoms with Gasteiger partial charge in [-0.1, -0.05) is 115 Å². The number of fused-ring (bicyclic) bond motifs is 1. The maximum atomic E-state index is 13.4. The predicted molar refractivity (Wildman–Crippen MR) is 159 cm³/mol. The summed E-state index contributed by atoms with van der Waals surface area (Å²) < 4.78 is 0. The van der Waals surface area contributed by atoms with Gasteiger partial charge in [0.2, 0.25) is 0 Å². The van der Waals surface area contributed by atoms with Gasteiger partial charge in [-0.3, -0.25) is 19.7 Å². The van der Waals surface area contributed by atoms with Crippen molar-refractivity contribution in [3.63, 3.8) is 0 Å². The third kappa shape index (κ3) is 9.45. The number of unbranched alkanes of at least 4 members (excludes halogenated alkanes) is 13. The summed E-state index contributed by atoms with van der Waals surface area (Å²) in [5.41, 5.74) is 2.73. The van der Waals surface area contributed by atoms with Crippen LogP contribution in [0, 0.1) is 10.1 Å². The lowest BCUT2D eigenvalue weighted by molar-refractivity contribution is -0.384. The number of rotatable bonds is 19. The minimum Gasteiger partial charge on any atom is -0.381 e. The molecule has 0 radical (unpaired) electrons. The van der Waals surface area contributed by atoms with Crippen LogP contribution in [0.1, 0.15) is 124 Å². The van der Waals surface area contributed by atoms with Gasteiger partial charge in [0.1, 0.15) is 0 Å². The van der Waals surface area contributed by atoms with Crippen LogP contribution in [0.25, 0.3) is 0 Å². The molecule has 0 heterocycles. The second-order valence-electron chi connectivity index (χ2n) is 10.7. The van der Waals surface area contributed by atoms with Gasteiger partial charge in [-0.05, 0) is 25.0 Å². The standard InChI is InChI=1S/C33H44N2O4/c1-2-3-4-5-6-7-8-9-10-11-12-13-14-15-18-30-31(25-34-26-21-23-27(24-22-26)35(38)39)33(37)29-20-17-16-19-28(29)32(30)36/h16-17,19-24,34H,2-15,18,25H2,1H3. The number of ketones is 2. The number of Topliss-reactive ketones (excluding diaryl/α,β-unsaturated/α-hetero) is 2. The highest BCUT2D eigenvalue weighted by Gasteiger charge is 2.31. The van der Waals surface area contributed by atoms with Crippen molar-refractivity contribution in [2.45, 2.75) is 103 Å². The van der Waals surface area contributed by atoms with Crippen LogP contribution in [0.3, 0.4) is 0 Å². The number of nitro groups is 1. The van der Waals surface area contributed by atoms with E-state index in [0.29, 0.717) is 34.4 Å². The molecule has 1 aliphatic carbocycles. The molecule has 1 N–H and O–H groups in total. The molecule has 0 unspecified atom stereocenters. The molecule has 0 bridgehead atoms. The monoisotopic (exact) mass is 532 g/mol. The molecule has 0 fully saturated rings. The predicted octanol–water partition coefficient (Wildman–Crippen LogP) is 9.25. The third-order valence-electron chi connectivity index (χ3n) is 7.66. The van der Waals surface area contributed by atoms with Crippen LogP contribution in [0.15, 0.2) is 59.7 Å². The first-order valence-electron chi connectivity index (χ1n) is 14.9. The van der Waals surface area contributed by atoms with E-state index in [2.05, 4.69) is 12.2 Å². The minimum absolute atomic E-state index is 0.0103. The number of allylic oxidation sites excluding steroid dienone is 1. The zero-order chi connectivity index (χ0) is 27.9. The van der Waals surface area contributed by atoms with Crippen molar-refractivity contribution in [1.29, 1.82) is 0 Å². The van der Waals surface area contributed by atoms with E-state index >= 15 is 0 Å². The van der Waals surface area contributed by atoms with Crippen molar-refractivity contribution in [1.82, 2.24) is 0 Å². The van der Waals surface area contributed by atoms with Crippen LogP contribution < -0.4 is 5.32 Å². The molecule has 0 atom stereocenters. The van der Waals surface area contributed by atoms with Crippen LogP contribution in [-0.4, -0.2) is 23.0 Å². The van der Waals surface area contributed by atoms with E-state index in [1.807, 2.05) is 0 Å². The number of carbonyl (C=O) groups is 2. The molecule has 3 rings (SSSR count). The third-order valence-corrected chi connectivity index (χ3v) is 7.66. The first-order chi connectivity index (χ1) is 19.0. The van der Waals surface area contributed by atoms with Gasteiger partial charge < -0.3 is 5.32 Å². The summed E-state index contributed by atoms with van der Waals surface area (Å²) in [4.78, 5) is 37.2. The van der Waals surface area contributed by atoms with Gasteiger partial charge in [0, 0.05) is 46.6 Å². The van der Waals surface area contributed by atoms with E-state index in [-0.39, 0.29) is 23.8 Å². The fourth-order valence-electron chi connectivity index (χ4n) is 5.32. The second-order valence-corrected chi connectivity index (χ2v) is 10.7. The Morgan fingerprint density at radius 3 is 1.59 bits per heavy atom. The second kappa shape index (κ2) is 16.6. The van der Waals surface area contributed by atoms with Gasteiger partial charge in [-0.2, -0.15) is 0 Å². The zero-order valence-corrected chi connectivity index (χ0v) is 23.5. The van der Waals surface area contributed by atoms with Crippen LogP contribution in [0.2, 0.25) is 0 Å². The van der Waals surface area contributed by atoms with E-state index in [1.165, 1.54) is 82.8 Å². The number of nitro benzene ring substituents is 1. The first-order valence-corrected chi connectivity index (χ1v) is 14.9. The lowest BCUT2D eigenvalue weighted by atomic mass is 9.82. The Labute approximate surface area is 233 Å². The number of hydrogen-bond acceptors (Lipinski definition) is 5. The SMILES string of the molecule is CCCCCCCCCCCCCCCCC1=C(CNc2ccc([N+](=O)[O-])cc2)C(=O)c2ccccc2C1=O. The molecule has 2 aromatic carbocycles. The highest BCUT2D eigenvalue weighted by molar-refractivity contribution is 6.27. The molecule has 2 aromatic rings. The molecule has 0 amide bonds. The molecular weight excluding hydrogens is 488 g/mol. The van der Waals surface area contributed by atoms with E-state index < -0.39 is 4.92 Å². The molecule has 6 heteroatoms. The Morgan fingerprint density at radius 2 is 1.10 bits per heavy atom. The largest absolute Gasteiger partial charge is 0.381 e. The summed E-state index contributed by atoms with van der Waals surface area (Å²) in [5, 5.41) is 14.1. The minimum atomic E-state index is -0.443. The number of hydrogen-bond donors (Lipinski definition) is 1. The van der Waals surface area contributed by atoms with Crippen molar-refractivity contribution >= 4 is 22.9 Å². The molecule has 210 valence electrons. The van der Waals surface area contributed by atoms with Gasteiger partial charge in [-0.25, -0.2) is 0 Å². The topological polar surface area (TPSA) is 89.3 Å². The Hall–Kier alpha value is -3.28.